The summed E-state index contributed by atoms with van der Waals surface area (Å²) < 4.78 is 1.30. The van der Waals surface area contributed by atoms with Crippen molar-refractivity contribution in [1.29, 1.82) is 0 Å². The van der Waals surface area contributed by atoms with Crippen LogP contribution >= 0.6 is 22.6 Å². The first-order valence-electron chi connectivity index (χ1n) is 6.86. The third-order valence-electron chi connectivity index (χ3n) is 3.18. The molecule has 0 saturated heterocycles. The average Bonchev–Trinajstić information content (AvgIpc) is 2.45. The second kappa shape index (κ2) is 7.65. The van der Waals surface area contributed by atoms with Crippen LogP contribution in [0.3, 0.4) is 0 Å². The lowest BCUT2D eigenvalue weighted by molar-refractivity contribution is 0.641. The number of halogens is 1. The number of nitrogens with one attached hydrogen (secondary N) is 1. The van der Waals surface area contributed by atoms with Gasteiger partial charge in [0.25, 0.3) is 0 Å². The summed E-state index contributed by atoms with van der Waals surface area (Å²) in [6.07, 6.45) is 2.50. The van der Waals surface area contributed by atoms with Crippen molar-refractivity contribution in [1.82, 2.24) is 5.32 Å². The normalized spacial score (nSPS) is 10.6. The average molecular weight is 365 g/mol. The fourth-order valence-corrected chi connectivity index (χ4v) is 2.73. The minimum absolute atomic E-state index is 0.964. The third-order valence-corrected chi connectivity index (χ3v) is 4.12. The first kappa shape index (κ1) is 14.5. The van der Waals surface area contributed by atoms with Gasteiger partial charge in [-0.05, 0) is 58.3 Å². The Morgan fingerprint density at radius 2 is 1.74 bits per heavy atom. The number of hydrogen-bond donors (Lipinski definition) is 1. The molecule has 2 aromatic rings. The molecule has 0 fully saturated rings. The van der Waals surface area contributed by atoms with Crippen LogP contribution in [0.2, 0.25) is 0 Å². The second-order valence-electron chi connectivity index (χ2n) is 4.71. The Labute approximate surface area is 129 Å². The van der Waals surface area contributed by atoms with Crippen LogP contribution in [0, 0.1) is 3.57 Å². The van der Waals surface area contributed by atoms with Crippen molar-refractivity contribution in [2.75, 3.05) is 6.54 Å². The fourth-order valence-electron chi connectivity index (χ4n) is 2.03. The zero-order chi connectivity index (χ0) is 13.5. The van der Waals surface area contributed by atoms with Crippen LogP contribution in [0.25, 0.3) is 11.1 Å². The molecule has 0 atom stereocenters. The third kappa shape index (κ3) is 4.32. The predicted molar refractivity (Wildman–Crippen MR) is 91.2 cm³/mol. The zero-order valence-electron chi connectivity index (χ0n) is 11.3. The Kier molecular flexibility index (Phi) is 5.86. The summed E-state index contributed by atoms with van der Waals surface area (Å²) in [5.74, 6) is 0. The molecule has 0 aliphatic carbocycles. The van der Waals surface area contributed by atoms with Gasteiger partial charge in [-0.3, -0.25) is 0 Å². The van der Waals surface area contributed by atoms with Crippen LogP contribution in [-0.2, 0) is 6.54 Å². The van der Waals surface area contributed by atoms with Gasteiger partial charge in [0, 0.05) is 10.1 Å². The van der Waals surface area contributed by atoms with E-state index in [1.807, 2.05) is 0 Å². The molecule has 0 radical (unpaired) electrons. The van der Waals surface area contributed by atoms with E-state index in [1.165, 1.54) is 33.1 Å². The van der Waals surface area contributed by atoms with E-state index in [-0.39, 0.29) is 0 Å². The van der Waals surface area contributed by atoms with E-state index in [0.717, 1.165) is 13.1 Å². The minimum atomic E-state index is 0.964. The van der Waals surface area contributed by atoms with Gasteiger partial charge in [0.15, 0.2) is 0 Å². The van der Waals surface area contributed by atoms with E-state index in [2.05, 4.69) is 83.4 Å². The molecule has 0 aromatic heterocycles. The minimum Gasteiger partial charge on any atom is -0.313 e. The van der Waals surface area contributed by atoms with Crippen LogP contribution in [0.1, 0.15) is 25.3 Å². The maximum Gasteiger partial charge on any atom is 0.0208 e. The predicted octanol–water partition coefficient (Wildman–Crippen LogP) is 4.85. The van der Waals surface area contributed by atoms with E-state index in [0.29, 0.717) is 0 Å². The second-order valence-corrected chi connectivity index (χ2v) is 5.87. The number of benzene rings is 2. The van der Waals surface area contributed by atoms with Gasteiger partial charge in [-0.2, -0.15) is 0 Å². The smallest absolute Gasteiger partial charge is 0.0208 e. The maximum absolute atomic E-state index is 3.47. The lowest BCUT2D eigenvalue weighted by Gasteiger charge is -2.07. The first-order chi connectivity index (χ1) is 9.31. The molecule has 0 aliphatic rings. The summed E-state index contributed by atoms with van der Waals surface area (Å²) in [6, 6.07) is 17.4. The summed E-state index contributed by atoms with van der Waals surface area (Å²) in [5, 5.41) is 3.47. The standard InChI is InChI=1S/C17H20IN/c1-2-3-12-19-13-14-8-10-15(11-9-14)16-6-4-5-7-17(16)18/h4-11,19H,2-3,12-13H2,1H3. The Morgan fingerprint density at radius 3 is 2.42 bits per heavy atom. The van der Waals surface area contributed by atoms with Gasteiger partial charge in [0.1, 0.15) is 0 Å². The van der Waals surface area contributed by atoms with Crippen molar-refractivity contribution in [3.63, 3.8) is 0 Å². The molecule has 2 rings (SSSR count). The Balaban J connectivity index is 2.01. The van der Waals surface area contributed by atoms with E-state index in [4.69, 9.17) is 0 Å². The van der Waals surface area contributed by atoms with Crippen molar-refractivity contribution in [2.45, 2.75) is 26.3 Å². The Morgan fingerprint density at radius 1 is 1.00 bits per heavy atom. The largest absolute Gasteiger partial charge is 0.313 e. The van der Waals surface area contributed by atoms with Crippen LogP contribution < -0.4 is 5.32 Å². The molecule has 19 heavy (non-hydrogen) atoms. The van der Waals surface area contributed by atoms with Gasteiger partial charge >= 0.3 is 0 Å². The van der Waals surface area contributed by atoms with Crippen molar-refractivity contribution < 1.29 is 0 Å². The van der Waals surface area contributed by atoms with Gasteiger partial charge in [-0.1, -0.05) is 55.8 Å². The molecule has 1 N–H and O–H groups in total. The molecule has 100 valence electrons. The molecule has 0 aliphatic heterocycles. The summed E-state index contributed by atoms with van der Waals surface area (Å²) >= 11 is 2.39. The highest BCUT2D eigenvalue weighted by Crippen LogP contribution is 2.25. The summed E-state index contributed by atoms with van der Waals surface area (Å²) in [6.45, 7) is 4.29. The van der Waals surface area contributed by atoms with Gasteiger partial charge in [0.2, 0.25) is 0 Å². The molecular formula is C17H20IN. The highest BCUT2D eigenvalue weighted by atomic mass is 127. The molecular weight excluding hydrogens is 345 g/mol. The SMILES string of the molecule is CCCCNCc1ccc(-c2ccccc2I)cc1. The van der Waals surface area contributed by atoms with E-state index >= 15 is 0 Å². The highest BCUT2D eigenvalue weighted by molar-refractivity contribution is 14.1. The van der Waals surface area contributed by atoms with E-state index in [9.17, 15) is 0 Å². The molecule has 2 aromatic carbocycles. The van der Waals surface area contributed by atoms with Gasteiger partial charge in [-0.15, -0.1) is 0 Å². The Bertz CT molecular complexity index is 505. The summed E-state index contributed by atoms with van der Waals surface area (Å²) in [7, 11) is 0. The van der Waals surface area contributed by atoms with Crippen LogP contribution in [0.15, 0.2) is 48.5 Å². The van der Waals surface area contributed by atoms with Crippen LogP contribution in [0.4, 0.5) is 0 Å². The molecule has 0 bridgehead atoms. The first-order valence-corrected chi connectivity index (χ1v) is 7.93. The molecule has 2 heteroatoms. The maximum atomic E-state index is 3.47. The van der Waals surface area contributed by atoms with Gasteiger partial charge in [0.05, 0.1) is 0 Å². The zero-order valence-corrected chi connectivity index (χ0v) is 13.5. The van der Waals surface area contributed by atoms with Gasteiger partial charge < -0.3 is 5.32 Å². The van der Waals surface area contributed by atoms with Crippen molar-refractivity contribution in [3.8, 4) is 11.1 Å². The number of unbranched alkanes of at least 4 members (excludes halogenated alkanes) is 1. The number of rotatable bonds is 6. The molecule has 0 heterocycles. The molecule has 0 unspecified atom stereocenters. The summed E-state index contributed by atoms with van der Waals surface area (Å²) in [4.78, 5) is 0. The molecule has 0 amide bonds. The van der Waals surface area contributed by atoms with Crippen LogP contribution in [0.5, 0.6) is 0 Å². The van der Waals surface area contributed by atoms with E-state index < -0.39 is 0 Å². The lowest BCUT2D eigenvalue weighted by Crippen LogP contribution is -2.14. The molecule has 0 saturated carbocycles. The highest BCUT2D eigenvalue weighted by Gasteiger charge is 2.01. The lowest BCUT2D eigenvalue weighted by atomic mass is 10.0. The summed E-state index contributed by atoms with van der Waals surface area (Å²) in [5.41, 5.74) is 3.96. The van der Waals surface area contributed by atoms with Crippen molar-refractivity contribution >= 4 is 22.6 Å². The van der Waals surface area contributed by atoms with Crippen LogP contribution in [-0.4, -0.2) is 6.54 Å². The monoisotopic (exact) mass is 365 g/mol. The fraction of sp³-hybridized carbons (Fsp3) is 0.294. The van der Waals surface area contributed by atoms with E-state index in [1.54, 1.807) is 0 Å². The Hall–Kier alpha value is -0.870. The molecule has 1 nitrogen and oxygen atoms in total. The van der Waals surface area contributed by atoms with Gasteiger partial charge in [-0.25, -0.2) is 0 Å². The quantitative estimate of drug-likeness (QED) is 0.570. The van der Waals surface area contributed by atoms with Crippen molar-refractivity contribution in [3.05, 3.63) is 57.7 Å². The topological polar surface area (TPSA) is 12.0 Å². The number of hydrogen-bond acceptors (Lipinski definition) is 1. The van der Waals surface area contributed by atoms with Crippen molar-refractivity contribution in [2.24, 2.45) is 0 Å². The molecule has 0 spiro atoms.